The van der Waals surface area contributed by atoms with Crippen LogP contribution in [0.15, 0.2) is 54.6 Å². The highest BCUT2D eigenvalue weighted by Crippen LogP contribution is 2.26. The lowest BCUT2D eigenvalue weighted by atomic mass is 9.90. The summed E-state index contributed by atoms with van der Waals surface area (Å²) < 4.78 is 32.2. The smallest absolute Gasteiger partial charge is 0.410 e. The van der Waals surface area contributed by atoms with E-state index >= 15 is 0 Å². The van der Waals surface area contributed by atoms with E-state index in [9.17, 15) is 13.2 Å². The molecular formula is C24H32N2O4S. The highest BCUT2D eigenvalue weighted by atomic mass is 32.2. The lowest BCUT2D eigenvalue weighted by molar-refractivity contribution is 0.0577. The highest BCUT2D eigenvalue weighted by Gasteiger charge is 2.36. The van der Waals surface area contributed by atoms with Crippen LogP contribution < -0.4 is 4.72 Å². The van der Waals surface area contributed by atoms with E-state index in [0.717, 1.165) is 29.4 Å². The molecule has 0 aromatic heterocycles. The zero-order chi connectivity index (χ0) is 22.4. The fraction of sp³-hybridized carbons (Fsp3) is 0.458. The van der Waals surface area contributed by atoms with Crippen molar-refractivity contribution in [3.63, 3.8) is 0 Å². The fourth-order valence-corrected chi connectivity index (χ4v) is 4.84. The molecule has 0 bridgehead atoms. The molecule has 168 valence electrons. The molecule has 1 N–H and O–H groups in total. The Hall–Kier alpha value is -2.38. The molecule has 2 aromatic carbocycles. The van der Waals surface area contributed by atoms with Gasteiger partial charge in [-0.05, 0) is 41.9 Å². The molecule has 0 spiro atoms. The van der Waals surface area contributed by atoms with Crippen LogP contribution in [0.3, 0.4) is 0 Å². The summed E-state index contributed by atoms with van der Waals surface area (Å²) in [4.78, 5) is 14.5. The summed E-state index contributed by atoms with van der Waals surface area (Å²) >= 11 is 0. The van der Waals surface area contributed by atoms with Crippen LogP contribution in [0.5, 0.6) is 0 Å². The molecule has 1 aliphatic rings. The summed E-state index contributed by atoms with van der Waals surface area (Å²) in [6, 6.07) is 17.6. The van der Waals surface area contributed by atoms with Crippen LogP contribution in [-0.2, 0) is 21.2 Å². The van der Waals surface area contributed by atoms with Crippen molar-refractivity contribution < 1.29 is 17.9 Å². The number of likely N-dealkylation sites (tertiary alicyclic amines) is 1. The number of hydrogen-bond donors (Lipinski definition) is 1. The van der Waals surface area contributed by atoms with Gasteiger partial charge in [-0.3, -0.25) is 0 Å². The van der Waals surface area contributed by atoms with Crippen LogP contribution in [0.1, 0.15) is 32.3 Å². The minimum absolute atomic E-state index is 0.236. The van der Waals surface area contributed by atoms with Gasteiger partial charge in [0.25, 0.3) is 0 Å². The molecule has 1 aliphatic heterocycles. The number of nitrogens with one attached hydrogen (secondary N) is 1. The summed E-state index contributed by atoms with van der Waals surface area (Å²) in [6.07, 6.45) is 2.74. The van der Waals surface area contributed by atoms with Gasteiger partial charge in [-0.25, -0.2) is 17.9 Å². The molecule has 1 saturated heterocycles. The first-order valence-corrected chi connectivity index (χ1v) is 12.7. The van der Waals surface area contributed by atoms with Crippen LogP contribution in [0.4, 0.5) is 4.79 Å². The normalized spacial score (nSPS) is 19.4. The molecule has 0 saturated carbocycles. The summed E-state index contributed by atoms with van der Waals surface area (Å²) in [6.45, 7) is 4.88. The van der Waals surface area contributed by atoms with Crippen LogP contribution >= 0.6 is 0 Å². The third-order valence-electron chi connectivity index (χ3n) is 5.40. The number of amides is 1. The van der Waals surface area contributed by atoms with Gasteiger partial charge in [-0.15, -0.1) is 0 Å². The molecule has 1 fully saturated rings. The molecule has 7 heteroatoms. The Morgan fingerprint density at radius 1 is 1.13 bits per heavy atom. The van der Waals surface area contributed by atoms with E-state index < -0.39 is 10.0 Å². The van der Waals surface area contributed by atoms with Gasteiger partial charge in [-0.2, -0.15) is 0 Å². The van der Waals surface area contributed by atoms with Gasteiger partial charge in [0.2, 0.25) is 10.0 Å². The average molecular weight is 445 g/mol. The van der Waals surface area contributed by atoms with Gasteiger partial charge in [0.15, 0.2) is 0 Å². The lowest BCUT2D eigenvalue weighted by Gasteiger charge is -2.41. The summed E-state index contributed by atoms with van der Waals surface area (Å²) in [5.74, 6) is 0.236. The number of benzene rings is 2. The third kappa shape index (κ3) is 6.80. The zero-order valence-electron chi connectivity index (χ0n) is 18.5. The first-order valence-electron chi connectivity index (χ1n) is 10.8. The van der Waals surface area contributed by atoms with Gasteiger partial charge in [0, 0.05) is 12.6 Å². The Morgan fingerprint density at radius 3 is 2.52 bits per heavy atom. The van der Waals surface area contributed by atoms with Gasteiger partial charge < -0.3 is 9.64 Å². The van der Waals surface area contributed by atoms with E-state index in [1.807, 2.05) is 44.2 Å². The van der Waals surface area contributed by atoms with Crippen molar-refractivity contribution in [3.8, 4) is 11.1 Å². The van der Waals surface area contributed by atoms with Crippen LogP contribution in [0, 0.1) is 5.92 Å². The number of piperidine rings is 1. The minimum atomic E-state index is -3.40. The van der Waals surface area contributed by atoms with Gasteiger partial charge in [0.05, 0.1) is 18.9 Å². The molecule has 6 nitrogen and oxygen atoms in total. The molecular weight excluding hydrogens is 412 g/mol. The predicted octanol–water partition coefficient (Wildman–Crippen LogP) is 4.07. The van der Waals surface area contributed by atoms with Crippen molar-refractivity contribution in [1.29, 1.82) is 0 Å². The molecule has 31 heavy (non-hydrogen) atoms. The summed E-state index contributed by atoms with van der Waals surface area (Å²) in [7, 11) is -3.40. The van der Waals surface area contributed by atoms with E-state index in [1.165, 1.54) is 0 Å². The Bertz CT molecular complexity index is 976. The molecule has 1 amide bonds. The average Bonchev–Trinajstić information content (AvgIpc) is 2.73. The van der Waals surface area contributed by atoms with Gasteiger partial charge >= 0.3 is 6.09 Å². The molecule has 2 unspecified atom stereocenters. The Morgan fingerprint density at radius 2 is 1.84 bits per heavy atom. The Labute approximate surface area is 185 Å². The number of ether oxygens (including phenoxy) is 1. The summed E-state index contributed by atoms with van der Waals surface area (Å²) in [5.41, 5.74) is 3.26. The van der Waals surface area contributed by atoms with Crippen LogP contribution in [0.25, 0.3) is 11.1 Å². The first-order chi connectivity index (χ1) is 14.7. The maximum absolute atomic E-state index is 12.8. The van der Waals surface area contributed by atoms with Crippen molar-refractivity contribution in [1.82, 2.24) is 9.62 Å². The topological polar surface area (TPSA) is 75.7 Å². The number of rotatable bonds is 7. The van der Waals surface area contributed by atoms with E-state index in [4.69, 9.17) is 4.74 Å². The highest BCUT2D eigenvalue weighted by molar-refractivity contribution is 7.88. The van der Waals surface area contributed by atoms with Gasteiger partial charge in [-0.1, -0.05) is 68.4 Å². The molecule has 0 radical (unpaired) electrons. The van der Waals surface area contributed by atoms with E-state index in [0.29, 0.717) is 26.0 Å². The zero-order valence-corrected chi connectivity index (χ0v) is 19.3. The van der Waals surface area contributed by atoms with E-state index in [-0.39, 0.29) is 24.1 Å². The lowest BCUT2D eigenvalue weighted by Crippen LogP contribution is -2.57. The Balaban J connectivity index is 1.86. The van der Waals surface area contributed by atoms with Gasteiger partial charge in [0.1, 0.15) is 0 Å². The minimum Gasteiger partial charge on any atom is -0.449 e. The number of hydrogen-bond acceptors (Lipinski definition) is 4. The van der Waals surface area contributed by atoms with Crippen molar-refractivity contribution in [3.05, 3.63) is 60.2 Å². The second kappa shape index (κ2) is 10.3. The number of carbonyl (C=O) groups is 1. The standard InChI is InChI=1S/C24H32N2O4S/c1-18(2)17-30-24(27)26-14-8-13-22(25-31(3,28)29)23(26)16-19-9-7-12-21(15-19)20-10-5-4-6-11-20/h4-7,9-12,15,18,22-23,25H,8,13-14,16-17H2,1-3H3. The molecule has 3 rings (SSSR count). The molecule has 0 aliphatic carbocycles. The van der Waals surface area contributed by atoms with Crippen LogP contribution in [-0.4, -0.2) is 50.9 Å². The SMILES string of the molecule is CC(C)COC(=O)N1CCCC(NS(C)(=O)=O)C1Cc1cccc(-c2ccccc2)c1. The van der Waals surface area contributed by atoms with E-state index in [2.05, 4.69) is 29.0 Å². The first kappa shape index (κ1) is 23.3. The second-order valence-electron chi connectivity index (χ2n) is 8.64. The number of carbonyl (C=O) groups excluding carboxylic acids is 1. The maximum Gasteiger partial charge on any atom is 0.410 e. The van der Waals surface area contributed by atoms with Crippen LogP contribution in [0.2, 0.25) is 0 Å². The number of nitrogens with zero attached hydrogens (tertiary/aromatic N) is 1. The van der Waals surface area contributed by atoms with Crippen molar-refractivity contribution in [2.75, 3.05) is 19.4 Å². The summed E-state index contributed by atoms with van der Waals surface area (Å²) in [5, 5.41) is 0. The van der Waals surface area contributed by atoms with E-state index in [1.54, 1.807) is 4.90 Å². The van der Waals surface area contributed by atoms with Crippen molar-refractivity contribution >= 4 is 16.1 Å². The molecule has 2 atom stereocenters. The third-order valence-corrected chi connectivity index (χ3v) is 6.13. The monoisotopic (exact) mass is 444 g/mol. The fourth-order valence-electron chi connectivity index (χ4n) is 4.02. The number of sulfonamides is 1. The predicted molar refractivity (Wildman–Crippen MR) is 123 cm³/mol. The molecule has 2 aromatic rings. The second-order valence-corrected chi connectivity index (χ2v) is 10.4. The van der Waals surface area contributed by atoms with Crippen molar-refractivity contribution in [2.45, 2.75) is 45.2 Å². The maximum atomic E-state index is 12.8. The van der Waals surface area contributed by atoms with Crippen molar-refractivity contribution in [2.24, 2.45) is 5.92 Å². The molecule has 1 heterocycles. The Kier molecular flexibility index (Phi) is 7.73. The quantitative estimate of drug-likeness (QED) is 0.698. The largest absolute Gasteiger partial charge is 0.449 e.